The molecule has 0 N–H and O–H groups in total. The molecule has 1 heterocycles. The van der Waals surface area contributed by atoms with E-state index in [0.717, 1.165) is 6.42 Å². The Kier molecular flexibility index (Phi) is 7.42. The Bertz CT molecular complexity index is 1340. The fraction of sp³-hybridized carbons (Fsp3) is 0.0909. The molecule has 1 atom stereocenters. The summed E-state index contributed by atoms with van der Waals surface area (Å²) < 4.78 is 9.58. The summed E-state index contributed by atoms with van der Waals surface area (Å²) in [4.78, 5) is 0. The maximum absolute atomic E-state index is 6.92. The average molecular weight is 518 g/mol. The first-order chi connectivity index (χ1) is 18.4. The first kappa shape index (κ1) is 24.1. The number of nitrogens with zero attached hydrogens (tertiary/aromatic N) is 1. The lowest BCUT2D eigenvalue weighted by Crippen LogP contribution is -2.37. The van der Waals surface area contributed by atoms with Crippen molar-refractivity contribution in [3.8, 4) is 0 Å². The van der Waals surface area contributed by atoms with Crippen molar-refractivity contribution < 1.29 is 4.52 Å². The van der Waals surface area contributed by atoms with E-state index in [1.807, 2.05) is 0 Å². The van der Waals surface area contributed by atoms with Gasteiger partial charge in [-0.2, -0.15) is 0 Å². The number of para-hydroxylation sites is 1. The molecule has 6 rings (SSSR count). The Morgan fingerprint density at radius 1 is 0.541 bits per heavy atom. The zero-order valence-corrected chi connectivity index (χ0v) is 22.4. The van der Waals surface area contributed by atoms with Crippen LogP contribution in [-0.4, -0.2) is 12.6 Å². The van der Waals surface area contributed by atoms with E-state index in [4.69, 9.17) is 4.52 Å². The van der Waals surface area contributed by atoms with Crippen LogP contribution in [0, 0.1) is 0 Å². The SMILES string of the molecule is c1ccc(P(OC[C@@H]2Cc3ccccc3N2P(c2ccccc2)c2ccccc2)c2ccccc2)cc1. The molecule has 5 aromatic rings. The van der Waals surface area contributed by atoms with Gasteiger partial charge in [0.1, 0.15) is 0 Å². The normalized spacial score (nSPS) is 14.8. The Balaban J connectivity index is 1.37. The molecule has 0 saturated heterocycles. The van der Waals surface area contributed by atoms with Crippen molar-refractivity contribution in [2.45, 2.75) is 12.5 Å². The quantitative estimate of drug-likeness (QED) is 0.217. The van der Waals surface area contributed by atoms with Crippen molar-refractivity contribution in [1.29, 1.82) is 0 Å². The molecule has 37 heavy (non-hydrogen) atoms. The summed E-state index contributed by atoms with van der Waals surface area (Å²) in [5, 5.41) is 5.22. The molecule has 0 unspecified atom stereocenters. The highest BCUT2D eigenvalue weighted by molar-refractivity contribution is 7.74. The van der Waals surface area contributed by atoms with Crippen LogP contribution in [0.5, 0.6) is 0 Å². The predicted molar refractivity (Wildman–Crippen MR) is 161 cm³/mol. The zero-order valence-electron chi connectivity index (χ0n) is 20.6. The van der Waals surface area contributed by atoms with E-state index in [1.165, 1.54) is 32.5 Å². The Labute approximate surface area is 222 Å². The van der Waals surface area contributed by atoms with E-state index in [-0.39, 0.29) is 6.04 Å². The molecule has 0 spiro atoms. The summed E-state index contributed by atoms with van der Waals surface area (Å²) >= 11 is 0. The van der Waals surface area contributed by atoms with Crippen LogP contribution in [0.15, 0.2) is 146 Å². The second kappa shape index (κ2) is 11.4. The van der Waals surface area contributed by atoms with Crippen LogP contribution in [0.25, 0.3) is 0 Å². The van der Waals surface area contributed by atoms with Gasteiger partial charge in [0.15, 0.2) is 0 Å². The third-order valence-corrected chi connectivity index (χ3v) is 11.1. The van der Waals surface area contributed by atoms with E-state index in [1.54, 1.807) is 0 Å². The van der Waals surface area contributed by atoms with Crippen LogP contribution in [0.4, 0.5) is 5.69 Å². The van der Waals surface area contributed by atoms with Crippen LogP contribution in [-0.2, 0) is 10.9 Å². The molecular formula is C33H29NOP2. The number of hydrogen-bond donors (Lipinski definition) is 0. The van der Waals surface area contributed by atoms with Crippen molar-refractivity contribution in [1.82, 2.24) is 0 Å². The summed E-state index contributed by atoms with van der Waals surface area (Å²) in [5.41, 5.74) is 2.73. The largest absolute Gasteiger partial charge is 0.347 e. The maximum Gasteiger partial charge on any atom is 0.0918 e. The van der Waals surface area contributed by atoms with E-state index in [9.17, 15) is 0 Å². The monoisotopic (exact) mass is 517 g/mol. The minimum atomic E-state index is -0.909. The summed E-state index contributed by atoms with van der Waals surface area (Å²) in [6, 6.07) is 52.5. The summed E-state index contributed by atoms with van der Waals surface area (Å²) in [6.07, 6.45) is 0.988. The smallest absolute Gasteiger partial charge is 0.0918 e. The maximum atomic E-state index is 6.92. The highest BCUT2D eigenvalue weighted by Gasteiger charge is 2.36. The molecule has 0 radical (unpaired) electrons. The number of benzene rings is 5. The lowest BCUT2D eigenvalue weighted by molar-refractivity contribution is 0.331. The molecule has 0 amide bonds. The van der Waals surface area contributed by atoms with Gasteiger partial charge in [0.25, 0.3) is 0 Å². The van der Waals surface area contributed by atoms with Gasteiger partial charge in [-0.1, -0.05) is 140 Å². The van der Waals surface area contributed by atoms with E-state index >= 15 is 0 Å². The number of hydrogen-bond acceptors (Lipinski definition) is 2. The predicted octanol–water partition coefficient (Wildman–Crippen LogP) is 6.53. The van der Waals surface area contributed by atoms with Gasteiger partial charge in [0.05, 0.1) is 28.9 Å². The molecule has 0 bridgehead atoms. The van der Waals surface area contributed by atoms with Crippen molar-refractivity contribution in [3.05, 3.63) is 151 Å². The molecule has 0 fully saturated rings. The van der Waals surface area contributed by atoms with Gasteiger partial charge in [0, 0.05) is 26.9 Å². The average Bonchev–Trinajstić information content (AvgIpc) is 3.34. The van der Waals surface area contributed by atoms with Gasteiger partial charge in [-0.15, -0.1) is 0 Å². The molecule has 0 aromatic heterocycles. The Morgan fingerprint density at radius 2 is 0.973 bits per heavy atom. The molecule has 5 aromatic carbocycles. The second-order valence-electron chi connectivity index (χ2n) is 9.08. The van der Waals surface area contributed by atoms with E-state index in [2.05, 4.69) is 150 Å². The summed E-state index contributed by atoms with van der Waals surface area (Å²) in [7, 11) is -1.67. The van der Waals surface area contributed by atoms with Crippen LogP contribution in [0.3, 0.4) is 0 Å². The van der Waals surface area contributed by atoms with Gasteiger partial charge in [-0.05, 0) is 18.1 Å². The Morgan fingerprint density at radius 3 is 1.49 bits per heavy atom. The lowest BCUT2D eigenvalue weighted by atomic mass is 10.1. The van der Waals surface area contributed by atoms with Gasteiger partial charge < -0.3 is 9.19 Å². The van der Waals surface area contributed by atoms with Crippen LogP contribution in [0.2, 0.25) is 0 Å². The van der Waals surface area contributed by atoms with Crippen molar-refractivity contribution in [2.75, 3.05) is 11.3 Å². The molecular weight excluding hydrogens is 488 g/mol. The molecule has 2 nitrogen and oxygen atoms in total. The highest BCUT2D eigenvalue weighted by Crippen LogP contribution is 2.50. The minimum Gasteiger partial charge on any atom is -0.347 e. The Hall–Kier alpha value is -3.28. The molecule has 0 aliphatic carbocycles. The van der Waals surface area contributed by atoms with Crippen LogP contribution in [0.1, 0.15) is 5.56 Å². The first-order valence-electron chi connectivity index (χ1n) is 12.7. The lowest BCUT2D eigenvalue weighted by Gasteiger charge is -2.36. The van der Waals surface area contributed by atoms with Gasteiger partial charge >= 0.3 is 0 Å². The second-order valence-corrected chi connectivity index (χ2v) is 13.0. The molecule has 0 saturated carbocycles. The van der Waals surface area contributed by atoms with Gasteiger partial charge in [0.2, 0.25) is 0 Å². The standard InChI is InChI=1S/C33H29NOP2/c1-5-16-29(17-6-1)36(30-18-7-2-8-19-30)34-28(25-27-15-13-14-24-33(27)34)26-35-37(31-20-9-3-10-21-31)32-22-11-4-12-23-32/h1-24,28H,25-26H2/t28-/m0/s1. The summed E-state index contributed by atoms with van der Waals surface area (Å²) in [5.74, 6) is 0. The van der Waals surface area contributed by atoms with Gasteiger partial charge in [-0.25, -0.2) is 0 Å². The van der Waals surface area contributed by atoms with E-state index in [0.29, 0.717) is 6.61 Å². The fourth-order valence-corrected chi connectivity index (χ4v) is 9.36. The topological polar surface area (TPSA) is 12.5 Å². The molecule has 1 aliphatic heterocycles. The van der Waals surface area contributed by atoms with Crippen molar-refractivity contribution >= 4 is 43.1 Å². The summed E-state index contributed by atoms with van der Waals surface area (Å²) in [6.45, 7) is 0.669. The molecule has 182 valence electrons. The zero-order chi connectivity index (χ0) is 24.9. The first-order valence-corrected chi connectivity index (χ1v) is 15.2. The fourth-order valence-electron chi connectivity index (χ4n) is 4.97. The van der Waals surface area contributed by atoms with Crippen molar-refractivity contribution in [2.24, 2.45) is 0 Å². The third-order valence-electron chi connectivity index (χ3n) is 6.63. The third kappa shape index (κ3) is 5.25. The van der Waals surface area contributed by atoms with Crippen molar-refractivity contribution in [3.63, 3.8) is 0 Å². The minimum absolute atomic E-state index is 0.251. The van der Waals surface area contributed by atoms with Gasteiger partial charge in [-0.3, -0.25) is 0 Å². The highest BCUT2D eigenvalue weighted by atomic mass is 31.1. The molecule has 1 aliphatic rings. The van der Waals surface area contributed by atoms with E-state index < -0.39 is 16.2 Å². The number of anilines is 1. The van der Waals surface area contributed by atoms with Crippen LogP contribution >= 0.6 is 16.2 Å². The number of fused-ring (bicyclic) bond motifs is 1. The molecule has 4 heteroatoms. The number of rotatable bonds is 8. The van der Waals surface area contributed by atoms with Crippen LogP contribution < -0.4 is 25.9 Å².